The zero-order chi connectivity index (χ0) is 11.0. The van der Waals surface area contributed by atoms with E-state index in [1.165, 1.54) is 11.3 Å². The molecule has 2 heterocycles. The molecule has 82 valence electrons. The van der Waals surface area contributed by atoms with Gasteiger partial charge in [-0.15, -0.1) is 11.3 Å². The standard InChI is InChI=1S/C10H13BrN2OS/c1-6-3-8(11)4-13(6)10(14)9-5-15-7(2)12-9/h5-6,8H,3-4H2,1-2H3. The van der Waals surface area contributed by atoms with Gasteiger partial charge in [0.15, 0.2) is 0 Å². The molecule has 15 heavy (non-hydrogen) atoms. The van der Waals surface area contributed by atoms with Gasteiger partial charge in [-0.25, -0.2) is 4.98 Å². The summed E-state index contributed by atoms with van der Waals surface area (Å²) in [6.07, 6.45) is 1.02. The molecule has 0 aliphatic carbocycles. The van der Waals surface area contributed by atoms with Gasteiger partial charge in [0.1, 0.15) is 5.69 Å². The number of alkyl halides is 1. The molecule has 0 bridgehead atoms. The molecule has 0 saturated carbocycles. The molecule has 1 saturated heterocycles. The number of nitrogens with zero attached hydrogens (tertiary/aromatic N) is 2. The average molecular weight is 289 g/mol. The first-order valence-electron chi connectivity index (χ1n) is 4.95. The first kappa shape index (κ1) is 11.1. The Morgan fingerprint density at radius 2 is 2.47 bits per heavy atom. The minimum Gasteiger partial charge on any atom is -0.333 e. The average Bonchev–Trinajstić information content (AvgIpc) is 2.71. The van der Waals surface area contributed by atoms with Gasteiger partial charge in [0.25, 0.3) is 5.91 Å². The van der Waals surface area contributed by atoms with Crippen molar-refractivity contribution >= 4 is 33.2 Å². The summed E-state index contributed by atoms with van der Waals surface area (Å²) in [5.41, 5.74) is 0.589. The van der Waals surface area contributed by atoms with E-state index in [1.54, 1.807) is 0 Å². The highest BCUT2D eigenvalue weighted by atomic mass is 79.9. The third-order valence-electron chi connectivity index (χ3n) is 2.62. The van der Waals surface area contributed by atoms with E-state index in [0.717, 1.165) is 18.0 Å². The van der Waals surface area contributed by atoms with Crippen LogP contribution in [0.3, 0.4) is 0 Å². The van der Waals surface area contributed by atoms with Gasteiger partial charge >= 0.3 is 0 Å². The summed E-state index contributed by atoms with van der Waals surface area (Å²) in [6.45, 7) is 4.79. The Labute approximate surface area is 102 Å². The van der Waals surface area contributed by atoms with Gasteiger partial charge in [0.2, 0.25) is 0 Å². The number of carbonyl (C=O) groups is 1. The van der Waals surface area contributed by atoms with Crippen molar-refractivity contribution in [3.05, 3.63) is 16.1 Å². The first-order valence-corrected chi connectivity index (χ1v) is 6.74. The van der Waals surface area contributed by atoms with E-state index in [1.807, 2.05) is 17.2 Å². The first-order chi connectivity index (χ1) is 7.08. The van der Waals surface area contributed by atoms with Crippen molar-refractivity contribution in [3.63, 3.8) is 0 Å². The number of halogens is 1. The zero-order valence-corrected chi connectivity index (χ0v) is 11.1. The van der Waals surface area contributed by atoms with Gasteiger partial charge in [0.05, 0.1) is 5.01 Å². The van der Waals surface area contributed by atoms with Gasteiger partial charge < -0.3 is 4.90 Å². The Morgan fingerprint density at radius 1 is 1.73 bits per heavy atom. The van der Waals surface area contributed by atoms with Crippen LogP contribution < -0.4 is 0 Å². The number of thiazole rings is 1. The molecule has 1 aliphatic heterocycles. The normalized spacial score (nSPS) is 25.9. The molecule has 0 spiro atoms. The fourth-order valence-corrected chi connectivity index (χ4v) is 3.30. The van der Waals surface area contributed by atoms with E-state index in [9.17, 15) is 4.79 Å². The maximum atomic E-state index is 12.1. The SMILES string of the molecule is Cc1nc(C(=O)N2CC(Br)CC2C)cs1. The van der Waals surface area contributed by atoms with Crippen LogP contribution in [0.5, 0.6) is 0 Å². The Morgan fingerprint density at radius 3 is 2.93 bits per heavy atom. The predicted octanol–water partition coefficient (Wildman–Crippen LogP) is 2.45. The largest absolute Gasteiger partial charge is 0.333 e. The lowest BCUT2D eigenvalue weighted by Crippen LogP contribution is -2.34. The van der Waals surface area contributed by atoms with Crippen molar-refractivity contribution in [3.8, 4) is 0 Å². The molecule has 2 atom stereocenters. The maximum absolute atomic E-state index is 12.1. The highest BCUT2D eigenvalue weighted by Gasteiger charge is 2.32. The van der Waals surface area contributed by atoms with E-state index in [-0.39, 0.29) is 5.91 Å². The summed E-state index contributed by atoms with van der Waals surface area (Å²) in [4.78, 5) is 18.6. The van der Waals surface area contributed by atoms with Crippen molar-refractivity contribution in [2.45, 2.75) is 31.1 Å². The van der Waals surface area contributed by atoms with Crippen molar-refractivity contribution in [1.29, 1.82) is 0 Å². The van der Waals surface area contributed by atoms with E-state index in [2.05, 4.69) is 27.8 Å². The molecule has 3 nitrogen and oxygen atoms in total. The summed E-state index contributed by atoms with van der Waals surface area (Å²) in [7, 11) is 0. The number of rotatable bonds is 1. The number of hydrogen-bond acceptors (Lipinski definition) is 3. The summed E-state index contributed by atoms with van der Waals surface area (Å²) in [6, 6.07) is 0.309. The molecule has 1 aromatic rings. The lowest BCUT2D eigenvalue weighted by Gasteiger charge is -2.19. The highest BCUT2D eigenvalue weighted by Crippen LogP contribution is 2.25. The molecular formula is C10H13BrN2OS. The highest BCUT2D eigenvalue weighted by molar-refractivity contribution is 9.09. The Bertz CT molecular complexity index is 379. The van der Waals surface area contributed by atoms with E-state index >= 15 is 0 Å². The quantitative estimate of drug-likeness (QED) is 0.744. The van der Waals surface area contributed by atoms with Crippen molar-refractivity contribution < 1.29 is 4.79 Å². The maximum Gasteiger partial charge on any atom is 0.273 e. The fraction of sp³-hybridized carbons (Fsp3) is 0.600. The third-order valence-corrected chi connectivity index (χ3v) is 4.06. The second kappa shape index (κ2) is 4.22. The molecule has 0 aromatic carbocycles. The van der Waals surface area contributed by atoms with Crippen LogP contribution in [0.1, 0.15) is 28.8 Å². The Balaban J connectivity index is 2.15. The summed E-state index contributed by atoms with van der Waals surface area (Å²) in [5, 5.41) is 2.78. The molecular weight excluding hydrogens is 276 g/mol. The van der Waals surface area contributed by atoms with Crippen LogP contribution in [-0.2, 0) is 0 Å². The molecule has 5 heteroatoms. The van der Waals surface area contributed by atoms with Crippen molar-refractivity contribution in [1.82, 2.24) is 9.88 Å². The van der Waals surface area contributed by atoms with Crippen LogP contribution >= 0.6 is 27.3 Å². The third kappa shape index (κ3) is 2.23. The van der Waals surface area contributed by atoms with Crippen molar-refractivity contribution in [2.75, 3.05) is 6.54 Å². The second-order valence-electron chi connectivity index (χ2n) is 3.89. The molecule has 1 aromatic heterocycles. The number of carbonyl (C=O) groups excluding carboxylic acids is 1. The fourth-order valence-electron chi connectivity index (χ4n) is 1.86. The second-order valence-corrected chi connectivity index (χ2v) is 6.25. The van der Waals surface area contributed by atoms with Crippen molar-refractivity contribution in [2.24, 2.45) is 0 Å². The Kier molecular flexibility index (Phi) is 3.11. The summed E-state index contributed by atoms with van der Waals surface area (Å²) < 4.78 is 0. The number of aromatic nitrogens is 1. The van der Waals surface area contributed by atoms with Crippen LogP contribution in [0.4, 0.5) is 0 Å². The molecule has 1 fully saturated rings. The zero-order valence-electron chi connectivity index (χ0n) is 8.74. The number of amides is 1. The van der Waals surface area contributed by atoms with E-state index in [4.69, 9.17) is 0 Å². The van der Waals surface area contributed by atoms with Crippen LogP contribution in [0, 0.1) is 6.92 Å². The summed E-state index contributed by atoms with van der Waals surface area (Å²) >= 11 is 5.08. The smallest absolute Gasteiger partial charge is 0.273 e. The van der Waals surface area contributed by atoms with Gasteiger partial charge in [-0.2, -0.15) is 0 Å². The number of aryl methyl sites for hydroxylation is 1. The minimum atomic E-state index is 0.0637. The molecule has 0 radical (unpaired) electrons. The van der Waals surface area contributed by atoms with E-state index in [0.29, 0.717) is 16.6 Å². The predicted molar refractivity (Wildman–Crippen MR) is 64.7 cm³/mol. The van der Waals surface area contributed by atoms with E-state index < -0.39 is 0 Å². The molecule has 1 amide bonds. The molecule has 2 rings (SSSR count). The van der Waals surface area contributed by atoms with Gasteiger partial charge in [-0.05, 0) is 20.3 Å². The number of hydrogen-bond donors (Lipinski definition) is 0. The summed E-state index contributed by atoms with van der Waals surface area (Å²) in [5.74, 6) is 0.0637. The minimum absolute atomic E-state index is 0.0637. The van der Waals surface area contributed by atoms with Crippen LogP contribution in [0.25, 0.3) is 0 Å². The monoisotopic (exact) mass is 288 g/mol. The molecule has 2 unspecified atom stereocenters. The van der Waals surface area contributed by atoms with Crippen LogP contribution in [0.2, 0.25) is 0 Å². The van der Waals surface area contributed by atoms with Gasteiger partial charge in [-0.1, -0.05) is 15.9 Å². The lowest BCUT2D eigenvalue weighted by molar-refractivity contribution is 0.0742. The molecule has 0 N–H and O–H groups in total. The molecule has 1 aliphatic rings. The lowest BCUT2D eigenvalue weighted by atomic mass is 10.2. The van der Waals surface area contributed by atoms with Crippen LogP contribution in [0.15, 0.2) is 5.38 Å². The van der Waals surface area contributed by atoms with Crippen LogP contribution in [-0.4, -0.2) is 33.2 Å². The Hall–Kier alpha value is -0.420. The van der Waals surface area contributed by atoms with Gasteiger partial charge in [0, 0.05) is 22.8 Å². The van der Waals surface area contributed by atoms with Gasteiger partial charge in [-0.3, -0.25) is 4.79 Å². The topological polar surface area (TPSA) is 33.2 Å². The number of likely N-dealkylation sites (tertiary alicyclic amines) is 1.